The van der Waals surface area contributed by atoms with E-state index in [9.17, 15) is 32.4 Å². The maximum atomic E-state index is 16.0. The van der Waals surface area contributed by atoms with E-state index in [1.54, 1.807) is 20.8 Å². The molecular weight excluding hydrogens is 696 g/mol. The number of fused-ring (bicyclic) bond motifs is 1. The van der Waals surface area contributed by atoms with E-state index < -0.39 is 46.7 Å². The van der Waals surface area contributed by atoms with E-state index in [1.165, 1.54) is 41.1 Å². The highest BCUT2D eigenvalue weighted by atomic mass is 127. The van der Waals surface area contributed by atoms with Gasteiger partial charge in [-0.05, 0) is 61.1 Å². The third kappa shape index (κ3) is 6.42. The number of nitrogens with zero attached hydrogens (tertiary/aromatic N) is 1. The third-order valence-corrected chi connectivity index (χ3v) is 7.63. The zero-order valence-electron chi connectivity index (χ0n) is 20.9. The Morgan fingerprint density at radius 3 is 2.38 bits per heavy atom. The van der Waals surface area contributed by atoms with E-state index in [4.69, 9.17) is 21.1 Å². The number of thiophene rings is 1. The van der Waals surface area contributed by atoms with Crippen molar-refractivity contribution in [2.24, 2.45) is 0 Å². The molecule has 1 aromatic heterocycles. The summed E-state index contributed by atoms with van der Waals surface area (Å²) in [6.07, 6.45) is -3.94. The van der Waals surface area contributed by atoms with Crippen LogP contribution in [0.3, 0.4) is 0 Å². The van der Waals surface area contributed by atoms with Crippen LogP contribution in [0.25, 0.3) is 27.3 Å². The lowest BCUT2D eigenvalue weighted by molar-refractivity contribution is -0.167. The Hall–Kier alpha value is -3.16. The molecule has 0 fully saturated rings. The first-order chi connectivity index (χ1) is 18.5. The summed E-state index contributed by atoms with van der Waals surface area (Å²) in [5.41, 5.74) is -2.77. The molecule has 2 aromatic carbocycles. The van der Waals surface area contributed by atoms with Crippen LogP contribution < -0.4 is 10.6 Å². The van der Waals surface area contributed by atoms with E-state index >= 15 is 4.39 Å². The standard InChI is InChI=1S/C25H18ClF5IN3O4S/c1-24(2,3)39-23(37)35-21-12(9-33)14-10(5-6-13(27)20(14)40-21)15-16(26)11(7-8-38-4)18(32)19(17(15)28)34-22(36)25(29,30)31/h5-8H,1-4H3,(H,34,36)(H,35,37)/b8-7+. The van der Waals surface area contributed by atoms with Gasteiger partial charge in [0.25, 0.3) is 0 Å². The number of benzene rings is 2. The quantitative estimate of drug-likeness (QED) is 0.157. The van der Waals surface area contributed by atoms with Gasteiger partial charge < -0.3 is 14.8 Å². The fourth-order valence-corrected chi connectivity index (χ4v) is 5.86. The maximum absolute atomic E-state index is 16.0. The van der Waals surface area contributed by atoms with Crippen molar-refractivity contribution in [1.82, 2.24) is 0 Å². The molecule has 2 N–H and O–H groups in total. The van der Waals surface area contributed by atoms with Crippen LogP contribution in [-0.4, -0.2) is 30.9 Å². The number of nitrogens with one attached hydrogen (secondary N) is 2. The van der Waals surface area contributed by atoms with Gasteiger partial charge in [0.2, 0.25) is 0 Å². The highest BCUT2D eigenvalue weighted by Gasteiger charge is 2.40. The Morgan fingerprint density at radius 1 is 1.18 bits per heavy atom. The van der Waals surface area contributed by atoms with Gasteiger partial charge in [-0.2, -0.15) is 18.4 Å². The summed E-state index contributed by atoms with van der Waals surface area (Å²) in [7, 11) is 1.28. The normalized spacial score (nSPS) is 11.9. The average molecular weight is 714 g/mol. The number of anilines is 2. The van der Waals surface area contributed by atoms with Gasteiger partial charge in [-0.1, -0.05) is 17.7 Å². The number of ether oxygens (including phenoxy) is 2. The molecule has 3 aromatic rings. The molecule has 1 heterocycles. The number of alkyl halides is 3. The van der Waals surface area contributed by atoms with Crippen LogP contribution in [0.2, 0.25) is 5.02 Å². The van der Waals surface area contributed by atoms with Gasteiger partial charge in [-0.25, -0.2) is 13.6 Å². The highest BCUT2D eigenvalue weighted by Crippen LogP contribution is 2.48. The number of hydrogen-bond acceptors (Lipinski definition) is 6. The van der Waals surface area contributed by atoms with Gasteiger partial charge in [-0.3, -0.25) is 10.1 Å². The summed E-state index contributed by atoms with van der Waals surface area (Å²) < 4.78 is 79.8. The average Bonchev–Trinajstić information content (AvgIpc) is 3.19. The zero-order chi connectivity index (χ0) is 30.2. The molecule has 2 amide bonds. The Morgan fingerprint density at radius 2 is 1.82 bits per heavy atom. The van der Waals surface area contributed by atoms with Gasteiger partial charge in [-0.15, -0.1) is 11.3 Å². The first-order valence-electron chi connectivity index (χ1n) is 10.9. The first-order valence-corrected chi connectivity index (χ1v) is 13.2. The van der Waals surface area contributed by atoms with Crippen molar-refractivity contribution in [2.75, 3.05) is 17.7 Å². The molecule has 0 spiro atoms. The third-order valence-electron chi connectivity index (χ3n) is 5.00. The molecule has 0 saturated carbocycles. The fourth-order valence-electron chi connectivity index (χ4n) is 3.47. The summed E-state index contributed by atoms with van der Waals surface area (Å²) in [5.74, 6) is -4.64. The Kier molecular flexibility index (Phi) is 9.22. The van der Waals surface area contributed by atoms with Gasteiger partial charge >= 0.3 is 18.2 Å². The van der Waals surface area contributed by atoms with E-state index in [0.717, 1.165) is 18.4 Å². The number of nitriles is 1. The minimum absolute atomic E-state index is 0.0312. The number of amides is 2. The molecule has 7 nitrogen and oxygen atoms in total. The molecule has 0 aliphatic rings. The minimum atomic E-state index is -5.34. The summed E-state index contributed by atoms with van der Waals surface area (Å²) in [6, 6.07) is 3.87. The molecule has 15 heteroatoms. The molecule has 0 aliphatic heterocycles. The summed E-state index contributed by atoms with van der Waals surface area (Å²) >= 11 is 8.71. The van der Waals surface area contributed by atoms with E-state index in [0.29, 0.717) is 11.3 Å². The van der Waals surface area contributed by atoms with E-state index in [-0.39, 0.29) is 40.4 Å². The number of rotatable bonds is 5. The van der Waals surface area contributed by atoms with Crippen molar-refractivity contribution < 1.29 is 41.0 Å². The van der Waals surface area contributed by atoms with Gasteiger partial charge in [0.1, 0.15) is 22.5 Å². The smallest absolute Gasteiger partial charge is 0.471 e. The second-order valence-corrected chi connectivity index (χ2v) is 11.4. The maximum Gasteiger partial charge on any atom is 0.471 e. The van der Waals surface area contributed by atoms with Crippen LogP contribution in [-0.2, 0) is 14.3 Å². The monoisotopic (exact) mass is 713 g/mol. The molecule has 0 atom stereocenters. The van der Waals surface area contributed by atoms with Crippen molar-refractivity contribution >= 4 is 84.4 Å². The minimum Gasteiger partial charge on any atom is -0.504 e. The number of methoxy groups -OCH3 is 1. The van der Waals surface area contributed by atoms with Crippen molar-refractivity contribution in [3.8, 4) is 17.2 Å². The Balaban J connectivity index is 2.38. The number of carbonyl (C=O) groups excluding carboxylic acids is 2. The summed E-state index contributed by atoms with van der Waals surface area (Å²) in [4.78, 5) is 24.1. The topological polar surface area (TPSA) is 100 Å². The van der Waals surface area contributed by atoms with Gasteiger partial charge in [0.05, 0.1) is 34.3 Å². The molecular formula is C25H18ClF5IN3O4S. The predicted molar refractivity (Wildman–Crippen MR) is 150 cm³/mol. The Bertz CT molecular complexity index is 1590. The SMILES string of the molecule is CO/C=C/c1c(Cl)c(-c2ccc(F)c3sc(NC(=O)OC(C)(C)C)c(C#N)c23)c(F)c(NC(=O)C(F)(F)F)c1I. The zero-order valence-corrected chi connectivity index (χ0v) is 24.7. The first kappa shape index (κ1) is 31.4. The number of halogens is 7. The van der Waals surface area contributed by atoms with Crippen LogP contribution in [0.1, 0.15) is 31.9 Å². The van der Waals surface area contributed by atoms with Crippen LogP contribution >= 0.6 is 45.5 Å². The van der Waals surface area contributed by atoms with Crippen molar-refractivity contribution in [2.45, 2.75) is 32.5 Å². The van der Waals surface area contributed by atoms with Crippen molar-refractivity contribution in [1.29, 1.82) is 5.26 Å². The molecule has 0 saturated heterocycles. The summed E-state index contributed by atoms with van der Waals surface area (Å²) in [6.45, 7) is 4.81. The van der Waals surface area contributed by atoms with E-state index in [1.807, 2.05) is 6.07 Å². The van der Waals surface area contributed by atoms with Gasteiger partial charge in [0.15, 0.2) is 5.82 Å². The summed E-state index contributed by atoms with van der Waals surface area (Å²) in [5, 5.41) is 13.2. The molecule has 40 heavy (non-hydrogen) atoms. The number of carbonyl (C=O) groups is 2. The van der Waals surface area contributed by atoms with E-state index in [2.05, 4.69) is 5.32 Å². The van der Waals surface area contributed by atoms with Crippen LogP contribution in [0.5, 0.6) is 0 Å². The van der Waals surface area contributed by atoms with Crippen LogP contribution in [0, 0.1) is 26.5 Å². The molecule has 0 aliphatic carbocycles. The van der Waals surface area contributed by atoms with Crippen LogP contribution in [0.4, 0.5) is 37.4 Å². The second kappa shape index (κ2) is 11.8. The Labute approximate surface area is 247 Å². The lowest BCUT2D eigenvalue weighted by Gasteiger charge is -2.19. The molecule has 212 valence electrons. The predicted octanol–water partition coefficient (Wildman–Crippen LogP) is 8.44. The fraction of sp³-hybridized carbons (Fsp3) is 0.240. The van der Waals surface area contributed by atoms with Crippen LogP contribution in [0.15, 0.2) is 18.4 Å². The molecule has 0 radical (unpaired) electrons. The van der Waals surface area contributed by atoms with Crippen molar-refractivity contribution in [3.63, 3.8) is 0 Å². The molecule has 0 bridgehead atoms. The highest BCUT2D eigenvalue weighted by molar-refractivity contribution is 14.1. The van der Waals surface area contributed by atoms with Crippen molar-refractivity contribution in [3.05, 3.63) is 49.7 Å². The lowest BCUT2D eigenvalue weighted by atomic mass is 9.96. The molecule has 0 unspecified atom stereocenters. The number of hydrogen-bond donors (Lipinski definition) is 2. The molecule has 3 rings (SSSR count). The van der Waals surface area contributed by atoms with Gasteiger partial charge in [0, 0.05) is 20.1 Å². The lowest BCUT2D eigenvalue weighted by Crippen LogP contribution is -2.31. The second-order valence-electron chi connectivity index (χ2n) is 8.94. The largest absolute Gasteiger partial charge is 0.504 e.